The predicted molar refractivity (Wildman–Crippen MR) is 73.4 cm³/mol. The maximum atomic E-state index is 14.5. The summed E-state index contributed by atoms with van der Waals surface area (Å²) in [7, 11) is 0. The lowest BCUT2D eigenvalue weighted by Gasteiger charge is -2.19. The predicted octanol–water partition coefficient (Wildman–Crippen LogP) is 1.75. The van der Waals surface area contributed by atoms with Crippen LogP contribution < -0.4 is 10.6 Å². The van der Waals surface area contributed by atoms with Gasteiger partial charge in [-0.1, -0.05) is 6.07 Å². The summed E-state index contributed by atoms with van der Waals surface area (Å²) in [4.78, 5) is 16.1. The largest absolute Gasteiger partial charge is 0.478 e. The SMILES string of the molecule is NC1CCN(c2ccc3cc(C(=O)O)c(F)nc3c2F)C1. The molecule has 1 saturated heterocycles. The van der Waals surface area contributed by atoms with Crippen molar-refractivity contribution in [2.75, 3.05) is 18.0 Å². The molecule has 5 nitrogen and oxygen atoms in total. The maximum absolute atomic E-state index is 14.5. The monoisotopic (exact) mass is 293 g/mol. The second-order valence-electron chi connectivity index (χ2n) is 5.10. The fourth-order valence-electron chi connectivity index (χ4n) is 2.57. The van der Waals surface area contributed by atoms with Gasteiger partial charge >= 0.3 is 5.97 Å². The summed E-state index contributed by atoms with van der Waals surface area (Å²) in [5.74, 6) is -3.28. The van der Waals surface area contributed by atoms with Gasteiger partial charge in [0, 0.05) is 24.5 Å². The Bertz CT molecular complexity index is 736. The Morgan fingerprint density at radius 1 is 1.43 bits per heavy atom. The van der Waals surface area contributed by atoms with E-state index in [4.69, 9.17) is 10.8 Å². The van der Waals surface area contributed by atoms with Crippen molar-refractivity contribution in [3.63, 3.8) is 0 Å². The van der Waals surface area contributed by atoms with E-state index in [9.17, 15) is 13.6 Å². The first kappa shape index (κ1) is 13.7. The van der Waals surface area contributed by atoms with E-state index in [2.05, 4.69) is 4.98 Å². The molecule has 0 amide bonds. The lowest BCUT2D eigenvalue weighted by atomic mass is 10.1. The summed E-state index contributed by atoms with van der Waals surface area (Å²) in [5.41, 5.74) is 5.37. The average Bonchev–Trinajstić information content (AvgIpc) is 2.85. The van der Waals surface area contributed by atoms with Crippen LogP contribution >= 0.6 is 0 Å². The van der Waals surface area contributed by atoms with Crippen LogP contribution in [0.15, 0.2) is 18.2 Å². The lowest BCUT2D eigenvalue weighted by molar-refractivity contribution is 0.0691. The van der Waals surface area contributed by atoms with Gasteiger partial charge in [-0.05, 0) is 18.6 Å². The Morgan fingerprint density at radius 2 is 2.19 bits per heavy atom. The van der Waals surface area contributed by atoms with Crippen LogP contribution in [0.2, 0.25) is 0 Å². The Kier molecular flexibility index (Phi) is 3.21. The highest BCUT2D eigenvalue weighted by Gasteiger charge is 2.24. The van der Waals surface area contributed by atoms with Crippen molar-refractivity contribution in [3.8, 4) is 0 Å². The standard InChI is InChI=1S/C14H13F2N3O2/c15-11-10(19-4-3-8(17)6-19)2-1-7-5-9(14(20)21)13(16)18-12(7)11/h1-2,5,8H,3-4,6,17H2,(H,20,21). The Morgan fingerprint density at radius 3 is 2.81 bits per heavy atom. The molecule has 1 aromatic heterocycles. The van der Waals surface area contributed by atoms with Gasteiger partial charge in [0.1, 0.15) is 11.1 Å². The zero-order valence-corrected chi connectivity index (χ0v) is 11.0. The Hall–Kier alpha value is -2.28. The molecule has 0 aliphatic carbocycles. The van der Waals surface area contributed by atoms with E-state index in [1.165, 1.54) is 6.07 Å². The fourth-order valence-corrected chi connectivity index (χ4v) is 2.57. The number of nitrogens with zero attached hydrogens (tertiary/aromatic N) is 2. The van der Waals surface area contributed by atoms with Gasteiger partial charge in [-0.3, -0.25) is 0 Å². The number of carboxylic acid groups (broad SMARTS) is 1. The summed E-state index contributed by atoms with van der Waals surface area (Å²) < 4.78 is 28.1. The Labute approximate surface area is 119 Å². The van der Waals surface area contributed by atoms with Crippen molar-refractivity contribution >= 4 is 22.6 Å². The number of aromatic nitrogens is 1. The third kappa shape index (κ3) is 2.29. The minimum atomic E-state index is -1.43. The number of hydrogen-bond acceptors (Lipinski definition) is 4. The fraction of sp³-hybridized carbons (Fsp3) is 0.286. The van der Waals surface area contributed by atoms with E-state index >= 15 is 0 Å². The molecule has 2 heterocycles. The molecule has 0 bridgehead atoms. The van der Waals surface area contributed by atoms with Crippen molar-refractivity contribution in [3.05, 3.63) is 35.5 Å². The van der Waals surface area contributed by atoms with Crippen molar-refractivity contribution < 1.29 is 18.7 Å². The second kappa shape index (κ2) is 4.92. The summed E-state index contributed by atoms with van der Waals surface area (Å²) >= 11 is 0. The number of pyridine rings is 1. The minimum absolute atomic E-state index is 0.0146. The zero-order chi connectivity index (χ0) is 15.1. The summed E-state index contributed by atoms with van der Waals surface area (Å²) in [6.45, 7) is 1.15. The van der Waals surface area contributed by atoms with Crippen LogP contribution in [-0.2, 0) is 0 Å². The molecule has 3 N–H and O–H groups in total. The molecule has 1 aromatic carbocycles. The zero-order valence-electron chi connectivity index (χ0n) is 11.0. The van der Waals surface area contributed by atoms with Gasteiger partial charge in [0.2, 0.25) is 5.95 Å². The molecule has 2 aromatic rings. The van der Waals surface area contributed by atoms with Crippen LogP contribution in [0.5, 0.6) is 0 Å². The van der Waals surface area contributed by atoms with Gasteiger partial charge in [-0.15, -0.1) is 0 Å². The molecule has 0 radical (unpaired) electrons. The number of fused-ring (bicyclic) bond motifs is 1. The van der Waals surface area contributed by atoms with Crippen molar-refractivity contribution in [1.82, 2.24) is 4.98 Å². The molecule has 7 heteroatoms. The minimum Gasteiger partial charge on any atom is -0.478 e. The van der Waals surface area contributed by atoms with Crippen LogP contribution in [0.3, 0.4) is 0 Å². The van der Waals surface area contributed by atoms with Crippen LogP contribution in [-0.4, -0.2) is 35.2 Å². The molecule has 1 unspecified atom stereocenters. The summed E-state index contributed by atoms with van der Waals surface area (Å²) in [6, 6.07) is 4.15. The molecule has 0 spiro atoms. The highest BCUT2D eigenvalue weighted by atomic mass is 19.1. The molecular weight excluding hydrogens is 280 g/mol. The Balaban J connectivity index is 2.13. The second-order valence-corrected chi connectivity index (χ2v) is 5.10. The first-order valence-corrected chi connectivity index (χ1v) is 6.50. The van der Waals surface area contributed by atoms with Gasteiger partial charge in [0.25, 0.3) is 0 Å². The van der Waals surface area contributed by atoms with Crippen LogP contribution in [0.4, 0.5) is 14.5 Å². The topological polar surface area (TPSA) is 79.5 Å². The van der Waals surface area contributed by atoms with E-state index in [0.29, 0.717) is 18.8 Å². The molecule has 21 heavy (non-hydrogen) atoms. The molecule has 0 saturated carbocycles. The van der Waals surface area contributed by atoms with E-state index < -0.39 is 23.3 Å². The van der Waals surface area contributed by atoms with Crippen molar-refractivity contribution in [1.29, 1.82) is 0 Å². The van der Waals surface area contributed by atoms with E-state index in [-0.39, 0.29) is 16.9 Å². The van der Waals surface area contributed by atoms with E-state index in [1.807, 2.05) is 0 Å². The molecule has 1 aliphatic heterocycles. The third-order valence-corrected chi connectivity index (χ3v) is 3.65. The van der Waals surface area contributed by atoms with Crippen LogP contribution in [0.25, 0.3) is 10.9 Å². The van der Waals surface area contributed by atoms with Gasteiger partial charge in [-0.25, -0.2) is 14.2 Å². The van der Waals surface area contributed by atoms with E-state index in [1.54, 1.807) is 11.0 Å². The van der Waals surface area contributed by atoms with Gasteiger partial charge in [-0.2, -0.15) is 4.39 Å². The summed E-state index contributed by atoms with van der Waals surface area (Å²) in [6.07, 6.45) is 0.761. The first-order valence-electron chi connectivity index (χ1n) is 6.50. The molecule has 110 valence electrons. The van der Waals surface area contributed by atoms with E-state index in [0.717, 1.165) is 12.5 Å². The van der Waals surface area contributed by atoms with Gasteiger partial charge in [0.15, 0.2) is 5.82 Å². The number of carboxylic acids is 1. The highest BCUT2D eigenvalue weighted by Crippen LogP contribution is 2.29. The molecular formula is C14H13F2N3O2. The number of halogens is 2. The maximum Gasteiger partial charge on any atom is 0.340 e. The normalized spacial score (nSPS) is 18.4. The van der Waals surface area contributed by atoms with Crippen molar-refractivity contribution in [2.24, 2.45) is 5.73 Å². The highest BCUT2D eigenvalue weighted by molar-refractivity contribution is 5.93. The average molecular weight is 293 g/mol. The van der Waals surface area contributed by atoms with Crippen molar-refractivity contribution in [2.45, 2.75) is 12.5 Å². The molecule has 1 aliphatic rings. The number of benzene rings is 1. The number of nitrogens with two attached hydrogens (primary N) is 1. The smallest absolute Gasteiger partial charge is 0.340 e. The number of aromatic carboxylic acids is 1. The quantitative estimate of drug-likeness (QED) is 0.825. The number of hydrogen-bond donors (Lipinski definition) is 2. The van der Waals surface area contributed by atoms with Gasteiger partial charge in [0.05, 0.1) is 5.69 Å². The molecule has 1 atom stereocenters. The third-order valence-electron chi connectivity index (χ3n) is 3.65. The van der Waals surface area contributed by atoms with Crippen LogP contribution in [0.1, 0.15) is 16.8 Å². The number of anilines is 1. The molecule has 1 fully saturated rings. The first-order chi connectivity index (χ1) is 9.97. The van der Waals surface area contributed by atoms with Gasteiger partial charge < -0.3 is 15.7 Å². The lowest BCUT2D eigenvalue weighted by Crippen LogP contribution is -2.26. The van der Waals surface area contributed by atoms with Crippen LogP contribution in [0, 0.1) is 11.8 Å². The number of carbonyl (C=O) groups is 1. The molecule has 3 rings (SSSR count). The number of rotatable bonds is 2. The summed E-state index contributed by atoms with van der Waals surface area (Å²) in [5, 5.41) is 9.10.